The van der Waals surface area contributed by atoms with E-state index in [1.54, 1.807) is 11.3 Å². The summed E-state index contributed by atoms with van der Waals surface area (Å²) < 4.78 is 0. The van der Waals surface area contributed by atoms with Crippen LogP contribution in [0, 0.1) is 0 Å². The molecule has 4 N–H and O–H groups in total. The van der Waals surface area contributed by atoms with E-state index in [0.29, 0.717) is 13.0 Å². The van der Waals surface area contributed by atoms with Gasteiger partial charge in [-0.3, -0.25) is 4.79 Å². The summed E-state index contributed by atoms with van der Waals surface area (Å²) in [7, 11) is 0. The molecule has 0 aliphatic heterocycles. The molecule has 8 heteroatoms. The molecule has 1 aromatic carbocycles. The zero-order valence-corrected chi connectivity index (χ0v) is 16.3. The summed E-state index contributed by atoms with van der Waals surface area (Å²) in [5.74, 6) is -0.150. The SMILES string of the molecule is CCc1cnc(CNC(=O)[C@@H](N)Cc2c[nH]c3ccccc23)s1.Cl.Cl. The third-order valence-corrected chi connectivity index (χ3v) is 4.96. The summed E-state index contributed by atoms with van der Waals surface area (Å²) in [6, 6.07) is 7.44. The maximum absolute atomic E-state index is 12.2. The Morgan fingerprint density at radius 1 is 1.36 bits per heavy atom. The van der Waals surface area contributed by atoms with Crippen molar-refractivity contribution < 1.29 is 4.79 Å². The molecule has 5 nitrogen and oxygen atoms in total. The number of hydrogen-bond donors (Lipinski definition) is 3. The van der Waals surface area contributed by atoms with E-state index in [4.69, 9.17) is 5.73 Å². The van der Waals surface area contributed by atoms with Crippen molar-refractivity contribution in [3.05, 3.63) is 52.1 Å². The Balaban J connectivity index is 0.00000156. The van der Waals surface area contributed by atoms with Crippen molar-refractivity contribution in [1.29, 1.82) is 0 Å². The molecule has 0 bridgehead atoms. The highest BCUT2D eigenvalue weighted by atomic mass is 35.5. The van der Waals surface area contributed by atoms with Crippen molar-refractivity contribution in [1.82, 2.24) is 15.3 Å². The quantitative estimate of drug-likeness (QED) is 0.593. The first-order valence-corrected chi connectivity index (χ1v) is 8.51. The number of rotatable bonds is 6. The predicted molar refractivity (Wildman–Crippen MR) is 108 cm³/mol. The molecule has 0 spiro atoms. The molecule has 0 radical (unpaired) electrons. The van der Waals surface area contributed by atoms with Crippen LogP contribution in [0.25, 0.3) is 10.9 Å². The topological polar surface area (TPSA) is 83.8 Å². The minimum Gasteiger partial charge on any atom is -0.361 e. The van der Waals surface area contributed by atoms with Gasteiger partial charge in [0.1, 0.15) is 5.01 Å². The van der Waals surface area contributed by atoms with Crippen LogP contribution in [0.1, 0.15) is 22.4 Å². The highest BCUT2D eigenvalue weighted by molar-refractivity contribution is 7.11. The van der Waals surface area contributed by atoms with Crippen molar-refractivity contribution in [3.8, 4) is 0 Å². The fourth-order valence-electron chi connectivity index (χ4n) is 2.52. The highest BCUT2D eigenvalue weighted by Gasteiger charge is 2.16. The van der Waals surface area contributed by atoms with E-state index in [-0.39, 0.29) is 30.7 Å². The molecule has 3 aromatic rings. The van der Waals surface area contributed by atoms with Crippen molar-refractivity contribution >= 4 is 53.0 Å². The van der Waals surface area contributed by atoms with Gasteiger partial charge in [0.2, 0.25) is 5.91 Å². The maximum Gasteiger partial charge on any atom is 0.237 e. The number of amides is 1. The van der Waals surface area contributed by atoms with Crippen molar-refractivity contribution in [3.63, 3.8) is 0 Å². The van der Waals surface area contributed by atoms with Gasteiger partial charge in [-0.25, -0.2) is 4.98 Å². The first-order valence-electron chi connectivity index (χ1n) is 7.69. The molecule has 25 heavy (non-hydrogen) atoms. The second-order valence-corrected chi connectivity index (χ2v) is 6.66. The van der Waals surface area contributed by atoms with Crippen LogP contribution in [0.2, 0.25) is 0 Å². The van der Waals surface area contributed by atoms with Gasteiger partial charge in [0, 0.05) is 28.2 Å². The molecule has 0 unspecified atom stereocenters. The highest BCUT2D eigenvalue weighted by Crippen LogP contribution is 2.19. The number of benzene rings is 1. The molecule has 2 heterocycles. The molecule has 1 amide bonds. The number of aryl methyl sites for hydroxylation is 1. The summed E-state index contributed by atoms with van der Waals surface area (Å²) in [6.07, 6.45) is 5.25. The minimum absolute atomic E-state index is 0. The molecular formula is C17H22Cl2N4OS. The number of aromatic nitrogens is 2. The van der Waals surface area contributed by atoms with Gasteiger partial charge < -0.3 is 16.0 Å². The van der Waals surface area contributed by atoms with E-state index in [1.165, 1.54) is 4.88 Å². The zero-order valence-electron chi connectivity index (χ0n) is 13.8. The van der Waals surface area contributed by atoms with Crippen LogP contribution in [0.15, 0.2) is 36.7 Å². The van der Waals surface area contributed by atoms with E-state index < -0.39 is 6.04 Å². The molecule has 0 saturated heterocycles. The van der Waals surface area contributed by atoms with E-state index in [0.717, 1.165) is 27.9 Å². The molecule has 1 atom stereocenters. The van der Waals surface area contributed by atoms with Crippen molar-refractivity contribution in [2.45, 2.75) is 32.4 Å². The largest absolute Gasteiger partial charge is 0.361 e. The van der Waals surface area contributed by atoms with Gasteiger partial charge in [0.05, 0.1) is 12.6 Å². The third kappa shape index (κ3) is 5.19. The van der Waals surface area contributed by atoms with Crippen LogP contribution in [0.3, 0.4) is 0 Å². The summed E-state index contributed by atoms with van der Waals surface area (Å²) in [6.45, 7) is 2.53. The smallest absolute Gasteiger partial charge is 0.237 e. The van der Waals surface area contributed by atoms with Gasteiger partial charge in [-0.1, -0.05) is 25.1 Å². The summed E-state index contributed by atoms with van der Waals surface area (Å²) >= 11 is 1.62. The van der Waals surface area contributed by atoms with Gasteiger partial charge in [0.25, 0.3) is 0 Å². The Labute approximate surface area is 163 Å². The lowest BCUT2D eigenvalue weighted by Gasteiger charge is -2.11. The number of carbonyl (C=O) groups is 1. The molecule has 0 fully saturated rings. The lowest BCUT2D eigenvalue weighted by atomic mass is 10.1. The lowest BCUT2D eigenvalue weighted by molar-refractivity contribution is -0.122. The third-order valence-electron chi connectivity index (χ3n) is 3.82. The van der Waals surface area contributed by atoms with Crippen LogP contribution in [0.4, 0.5) is 0 Å². The Hall–Kier alpha value is -1.60. The van der Waals surface area contributed by atoms with Crippen LogP contribution in [0.5, 0.6) is 0 Å². The number of nitrogens with two attached hydrogens (primary N) is 1. The average molecular weight is 401 g/mol. The average Bonchev–Trinajstić information content (AvgIpc) is 3.20. The van der Waals surface area contributed by atoms with Gasteiger partial charge in [0.15, 0.2) is 0 Å². The van der Waals surface area contributed by atoms with Crippen LogP contribution < -0.4 is 11.1 Å². The second-order valence-electron chi connectivity index (χ2n) is 5.46. The maximum atomic E-state index is 12.2. The molecule has 0 saturated carbocycles. The monoisotopic (exact) mass is 400 g/mol. The van der Waals surface area contributed by atoms with Gasteiger partial charge in [-0.05, 0) is 24.5 Å². The van der Waals surface area contributed by atoms with Crippen LogP contribution in [-0.2, 0) is 24.2 Å². The lowest BCUT2D eigenvalue weighted by Crippen LogP contribution is -2.41. The first kappa shape index (κ1) is 21.4. The number of aromatic amines is 1. The van der Waals surface area contributed by atoms with Gasteiger partial charge in [-0.2, -0.15) is 0 Å². The molecule has 3 rings (SSSR count). The minimum atomic E-state index is -0.570. The standard InChI is InChI=1S/C17H20N4OS.2ClH/c1-2-12-9-20-16(23-12)10-21-17(22)14(18)7-11-8-19-15-6-4-3-5-13(11)15;;/h3-6,8-9,14,19H,2,7,10,18H2,1H3,(H,21,22);2*1H/t14-;;/m0../s1. The number of carbonyl (C=O) groups excluding carboxylic acids is 1. The zero-order chi connectivity index (χ0) is 16.2. The molecule has 0 aliphatic rings. The number of para-hydroxylation sites is 1. The normalized spacial score (nSPS) is 11.4. The summed E-state index contributed by atoms with van der Waals surface area (Å²) in [5, 5.41) is 4.90. The number of H-pyrrole nitrogens is 1. The number of nitrogens with zero attached hydrogens (tertiary/aromatic N) is 1. The molecule has 136 valence electrons. The first-order chi connectivity index (χ1) is 11.2. The summed E-state index contributed by atoms with van der Waals surface area (Å²) in [5.41, 5.74) is 8.17. The van der Waals surface area contributed by atoms with Gasteiger partial charge >= 0.3 is 0 Å². The molecule has 2 aromatic heterocycles. The molecule has 0 aliphatic carbocycles. The van der Waals surface area contributed by atoms with E-state index >= 15 is 0 Å². The Morgan fingerprint density at radius 2 is 2.12 bits per heavy atom. The number of halogens is 2. The van der Waals surface area contributed by atoms with Crippen molar-refractivity contribution in [2.75, 3.05) is 0 Å². The predicted octanol–water partition coefficient (Wildman–Crippen LogP) is 3.22. The second kappa shape index (κ2) is 9.77. The summed E-state index contributed by atoms with van der Waals surface area (Å²) in [4.78, 5) is 20.9. The van der Waals surface area contributed by atoms with E-state index in [2.05, 4.69) is 22.2 Å². The number of nitrogens with one attached hydrogen (secondary N) is 2. The van der Waals surface area contributed by atoms with E-state index in [9.17, 15) is 4.79 Å². The Kier molecular flexibility index (Phi) is 8.38. The van der Waals surface area contributed by atoms with E-state index in [1.807, 2.05) is 36.7 Å². The number of hydrogen-bond acceptors (Lipinski definition) is 4. The number of thiazole rings is 1. The van der Waals surface area contributed by atoms with Crippen molar-refractivity contribution in [2.24, 2.45) is 5.73 Å². The fraction of sp³-hybridized carbons (Fsp3) is 0.294. The molecular weight excluding hydrogens is 379 g/mol. The Morgan fingerprint density at radius 3 is 2.84 bits per heavy atom. The number of fused-ring (bicyclic) bond motifs is 1. The van der Waals surface area contributed by atoms with Gasteiger partial charge in [-0.15, -0.1) is 36.2 Å². The Bertz CT molecular complexity index is 818. The van der Waals surface area contributed by atoms with Crippen LogP contribution >= 0.6 is 36.2 Å². The fourth-order valence-corrected chi connectivity index (χ4v) is 3.32. The van der Waals surface area contributed by atoms with Crippen LogP contribution in [-0.4, -0.2) is 21.9 Å².